The lowest BCUT2D eigenvalue weighted by molar-refractivity contribution is 0.341. The highest BCUT2D eigenvalue weighted by molar-refractivity contribution is 5.01. The Labute approximate surface area is 102 Å². The summed E-state index contributed by atoms with van der Waals surface area (Å²) in [5, 5.41) is 8.97. The first-order valence-corrected chi connectivity index (χ1v) is 7.13. The highest BCUT2D eigenvalue weighted by Gasteiger charge is 1.98. The molecule has 1 heteroatoms. The first kappa shape index (κ1) is 15.7. The van der Waals surface area contributed by atoms with Gasteiger partial charge in [0.05, 0.1) is 6.61 Å². The first-order valence-electron chi connectivity index (χ1n) is 7.13. The van der Waals surface area contributed by atoms with Gasteiger partial charge in [-0.25, -0.2) is 0 Å². The van der Waals surface area contributed by atoms with Gasteiger partial charge in [-0.3, -0.25) is 0 Å². The molecule has 0 aliphatic heterocycles. The van der Waals surface area contributed by atoms with Gasteiger partial charge >= 0.3 is 0 Å². The zero-order valence-electron chi connectivity index (χ0n) is 11.3. The van der Waals surface area contributed by atoms with Crippen LogP contribution in [0.4, 0.5) is 0 Å². The van der Waals surface area contributed by atoms with Crippen molar-refractivity contribution in [3.05, 3.63) is 11.6 Å². The molecule has 0 radical (unpaired) electrons. The van der Waals surface area contributed by atoms with Gasteiger partial charge in [0.2, 0.25) is 0 Å². The molecule has 0 spiro atoms. The molecule has 0 fully saturated rings. The maximum Gasteiger partial charge on any atom is 0.0615 e. The summed E-state index contributed by atoms with van der Waals surface area (Å²) in [6.07, 6.45) is 15.0. The van der Waals surface area contributed by atoms with E-state index in [1.165, 1.54) is 69.8 Å². The minimum absolute atomic E-state index is 0.219. The molecule has 0 saturated carbocycles. The molecule has 0 heterocycles. The van der Waals surface area contributed by atoms with Crippen LogP contribution >= 0.6 is 0 Å². The third-order valence-corrected chi connectivity index (χ3v) is 3.08. The summed E-state index contributed by atoms with van der Waals surface area (Å²) in [7, 11) is 0. The highest BCUT2D eigenvalue weighted by atomic mass is 16.2. The minimum Gasteiger partial charge on any atom is -0.392 e. The van der Waals surface area contributed by atoms with Crippen molar-refractivity contribution in [1.82, 2.24) is 0 Å². The van der Waals surface area contributed by atoms with Crippen molar-refractivity contribution in [2.45, 2.75) is 78.1 Å². The average Bonchev–Trinajstić information content (AvgIpc) is 2.30. The predicted octanol–water partition coefficient (Wildman–Crippen LogP) is 4.85. The van der Waals surface area contributed by atoms with Gasteiger partial charge < -0.3 is 5.11 Å². The fraction of sp³-hybridized carbons (Fsp3) is 0.867. The Kier molecular flexibility index (Phi) is 12.5. The van der Waals surface area contributed by atoms with E-state index in [4.69, 9.17) is 5.11 Å². The standard InChI is InChI=1S/C15H30O/c1-3-5-7-9-11-15(13-14-16)12-10-8-6-4-2/h13,16H,3-12,14H2,1-2H3. The molecular weight excluding hydrogens is 196 g/mol. The molecule has 0 aromatic heterocycles. The van der Waals surface area contributed by atoms with Crippen molar-refractivity contribution in [3.8, 4) is 0 Å². The van der Waals surface area contributed by atoms with Crippen LogP contribution in [0, 0.1) is 0 Å². The highest BCUT2D eigenvalue weighted by Crippen LogP contribution is 2.17. The second kappa shape index (κ2) is 12.8. The number of hydrogen-bond donors (Lipinski definition) is 1. The van der Waals surface area contributed by atoms with Crippen LogP contribution in [0.3, 0.4) is 0 Å². The third kappa shape index (κ3) is 10.2. The van der Waals surface area contributed by atoms with Crippen molar-refractivity contribution in [1.29, 1.82) is 0 Å². The molecule has 0 saturated heterocycles. The molecule has 0 rings (SSSR count). The Bertz CT molecular complexity index is 147. The van der Waals surface area contributed by atoms with Crippen LogP contribution in [0.5, 0.6) is 0 Å². The quantitative estimate of drug-likeness (QED) is 0.394. The fourth-order valence-corrected chi connectivity index (χ4v) is 2.02. The van der Waals surface area contributed by atoms with Gasteiger partial charge in [-0.05, 0) is 25.7 Å². The Morgan fingerprint density at radius 1 is 0.812 bits per heavy atom. The summed E-state index contributed by atoms with van der Waals surface area (Å²) in [5.74, 6) is 0. The van der Waals surface area contributed by atoms with Crippen LogP contribution < -0.4 is 0 Å². The number of aliphatic hydroxyl groups is 1. The van der Waals surface area contributed by atoms with Crippen LogP contribution in [-0.4, -0.2) is 11.7 Å². The average molecular weight is 226 g/mol. The van der Waals surface area contributed by atoms with E-state index in [1.807, 2.05) is 6.08 Å². The van der Waals surface area contributed by atoms with Gasteiger partial charge in [0.25, 0.3) is 0 Å². The summed E-state index contributed by atoms with van der Waals surface area (Å²) < 4.78 is 0. The van der Waals surface area contributed by atoms with Gasteiger partial charge in [0.1, 0.15) is 0 Å². The summed E-state index contributed by atoms with van der Waals surface area (Å²) in [6, 6.07) is 0. The van der Waals surface area contributed by atoms with E-state index in [-0.39, 0.29) is 6.61 Å². The van der Waals surface area contributed by atoms with Gasteiger partial charge in [-0.2, -0.15) is 0 Å². The molecule has 0 aliphatic rings. The summed E-state index contributed by atoms with van der Waals surface area (Å²) in [4.78, 5) is 0. The van der Waals surface area contributed by atoms with Crippen LogP contribution in [-0.2, 0) is 0 Å². The normalized spacial score (nSPS) is 10.4. The van der Waals surface area contributed by atoms with Crippen molar-refractivity contribution in [3.63, 3.8) is 0 Å². The Morgan fingerprint density at radius 3 is 1.69 bits per heavy atom. The second-order valence-corrected chi connectivity index (χ2v) is 4.67. The van der Waals surface area contributed by atoms with Gasteiger partial charge in [0.15, 0.2) is 0 Å². The molecule has 0 amide bonds. The zero-order chi connectivity index (χ0) is 12.1. The summed E-state index contributed by atoms with van der Waals surface area (Å²) in [5.41, 5.74) is 1.48. The molecule has 0 aromatic rings. The van der Waals surface area contributed by atoms with E-state index in [9.17, 15) is 0 Å². The number of unbranched alkanes of at least 4 members (excludes halogenated alkanes) is 6. The first-order chi connectivity index (χ1) is 7.85. The lowest BCUT2D eigenvalue weighted by Crippen LogP contribution is -1.89. The van der Waals surface area contributed by atoms with Crippen molar-refractivity contribution in [2.75, 3.05) is 6.61 Å². The number of allylic oxidation sites excluding steroid dienone is 1. The summed E-state index contributed by atoms with van der Waals surface area (Å²) >= 11 is 0. The van der Waals surface area contributed by atoms with E-state index < -0.39 is 0 Å². The topological polar surface area (TPSA) is 20.2 Å². The molecule has 0 unspecified atom stereocenters. The van der Waals surface area contributed by atoms with Crippen molar-refractivity contribution >= 4 is 0 Å². The van der Waals surface area contributed by atoms with E-state index >= 15 is 0 Å². The minimum atomic E-state index is 0.219. The van der Waals surface area contributed by atoms with Gasteiger partial charge in [-0.15, -0.1) is 0 Å². The van der Waals surface area contributed by atoms with Crippen LogP contribution in [0.15, 0.2) is 11.6 Å². The Balaban J connectivity index is 3.59. The number of hydrogen-bond acceptors (Lipinski definition) is 1. The number of aliphatic hydroxyl groups excluding tert-OH is 1. The molecule has 0 aromatic carbocycles. The Hall–Kier alpha value is -0.300. The van der Waals surface area contributed by atoms with Crippen molar-refractivity contribution in [2.24, 2.45) is 0 Å². The maximum atomic E-state index is 8.97. The second-order valence-electron chi connectivity index (χ2n) is 4.67. The molecule has 0 aliphatic carbocycles. The molecule has 0 bridgehead atoms. The molecule has 16 heavy (non-hydrogen) atoms. The van der Waals surface area contributed by atoms with E-state index in [0.29, 0.717) is 0 Å². The molecule has 0 atom stereocenters. The van der Waals surface area contributed by atoms with Crippen LogP contribution in [0.25, 0.3) is 0 Å². The molecule has 1 N–H and O–H groups in total. The lowest BCUT2D eigenvalue weighted by atomic mass is 10.0. The van der Waals surface area contributed by atoms with E-state index in [2.05, 4.69) is 13.8 Å². The monoisotopic (exact) mass is 226 g/mol. The third-order valence-electron chi connectivity index (χ3n) is 3.08. The Morgan fingerprint density at radius 2 is 1.31 bits per heavy atom. The largest absolute Gasteiger partial charge is 0.392 e. The fourth-order valence-electron chi connectivity index (χ4n) is 2.02. The van der Waals surface area contributed by atoms with Crippen LogP contribution in [0.2, 0.25) is 0 Å². The van der Waals surface area contributed by atoms with Crippen molar-refractivity contribution < 1.29 is 5.11 Å². The number of rotatable bonds is 11. The zero-order valence-corrected chi connectivity index (χ0v) is 11.3. The molecule has 1 nitrogen and oxygen atoms in total. The van der Waals surface area contributed by atoms with E-state index in [1.54, 1.807) is 0 Å². The van der Waals surface area contributed by atoms with Crippen LogP contribution in [0.1, 0.15) is 78.1 Å². The molecule has 96 valence electrons. The smallest absolute Gasteiger partial charge is 0.0615 e. The SMILES string of the molecule is CCCCCCC(=CCO)CCCCCC. The predicted molar refractivity (Wildman–Crippen MR) is 72.7 cm³/mol. The lowest BCUT2D eigenvalue weighted by Gasteiger charge is -2.07. The summed E-state index contributed by atoms with van der Waals surface area (Å²) in [6.45, 7) is 4.71. The molecular formula is C15H30O. The van der Waals surface area contributed by atoms with Gasteiger partial charge in [-0.1, -0.05) is 64.0 Å². The maximum absolute atomic E-state index is 8.97. The van der Waals surface area contributed by atoms with Gasteiger partial charge in [0, 0.05) is 0 Å². The van der Waals surface area contributed by atoms with E-state index in [0.717, 1.165) is 0 Å².